The third-order valence-corrected chi connectivity index (χ3v) is 4.52. The molecule has 1 aliphatic carbocycles. The Hall–Kier alpha value is -3.39. The molecule has 1 atom stereocenters. The molecular formula is C21H23N3O5. The first kappa shape index (κ1) is 20.3. The van der Waals surface area contributed by atoms with E-state index in [1.165, 1.54) is 6.08 Å². The van der Waals surface area contributed by atoms with Crippen LogP contribution in [-0.4, -0.2) is 54.0 Å². The van der Waals surface area contributed by atoms with Gasteiger partial charge in [0.2, 0.25) is 5.91 Å². The zero-order valence-corrected chi connectivity index (χ0v) is 15.8. The van der Waals surface area contributed by atoms with E-state index in [0.29, 0.717) is 31.8 Å². The van der Waals surface area contributed by atoms with Crippen molar-refractivity contribution >= 4 is 17.7 Å². The van der Waals surface area contributed by atoms with E-state index in [1.807, 2.05) is 30.3 Å². The van der Waals surface area contributed by atoms with Crippen LogP contribution < -0.4 is 10.6 Å². The van der Waals surface area contributed by atoms with Gasteiger partial charge < -0.3 is 25.4 Å². The second-order valence-corrected chi connectivity index (χ2v) is 6.64. The Morgan fingerprint density at radius 1 is 1.17 bits per heavy atom. The predicted octanol–water partition coefficient (Wildman–Crippen LogP) is 1.10. The third kappa shape index (κ3) is 5.79. The fourth-order valence-electron chi connectivity index (χ4n) is 3.01. The molecule has 0 spiro atoms. The minimum atomic E-state index is -0.923. The number of hydrogen-bond donors (Lipinski definition) is 3. The third-order valence-electron chi connectivity index (χ3n) is 4.52. The number of nitrogens with zero attached hydrogens (tertiary/aromatic N) is 1. The van der Waals surface area contributed by atoms with Crippen molar-refractivity contribution in [3.8, 4) is 0 Å². The van der Waals surface area contributed by atoms with Crippen molar-refractivity contribution in [3.63, 3.8) is 0 Å². The van der Waals surface area contributed by atoms with Crippen molar-refractivity contribution in [3.05, 3.63) is 71.7 Å². The summed E-state index contributed by atoms with van der Waals surface area (Å²) in [6.07, 6.45) is 6.44. The van der Waals surface area contributed by atoms with Gasteiger partial charge in [0.15, 0.2) is 0 Å². The Morgan fingerprint density at radius 2 is 1.97 bits per heavy atom. The van der Waals surface area contributed by atoms with Crippen LogP contribution in [0, 0.1) is 0 Å². The average Bonchev–Trinajstić information content (AvgIpc) is 2.96. The first-order valence-electron chi connectivity index (χ1n) is 9.33. The van der Waals surface area contributed by atoms with Gasteiger partial charge >= 0.3 is 11.8 Å². The Kier molecular flexibility index (Phi) is 6.80. The molecule has 1 unspecified atom stereocenters. The van der Waals surface area contributed by atoms with E-state index in [9.17, 15) is 19.5 Å². The van der Waals surface area contributed by atoms with Gasteiger partial charge in [-0.25, -0.2) is 0 Å². The smallest absolute Gasteiger partial charge is 0.313 e. The van der Waals surface area contributed by atoms with Gasteiger partial charge in [-0.2, -0.15) is 0 Å². The van der Waals surface area contributed by atoms with Crippen molar-refractivity contribution in [1.29, 1.82) is 0 Å². The summed E-state index contributed by atoms with van der Waals surface area (Å²) in [6.45, 7) is 0.923. The summed E-state index contributed by atoms with van der Waals surface area (Å²) < 4.78 is 5.73. The Bertz CT molecular complexity index is 860. The lowest BCUT2D eigenvalue weighted by Gasteiger charge is -2.33. The van der Waals surface area contributed by atoms with Crippen LogP contribution in [0.25, 0.3) is 0 Å². The van der Waals surface area contributed by atoms with Crippen LogP contribution in [0.15, 0.2) is 66.1 Å². The molecule has 29 heavy (non-hydrogen) atoms. The fourth-order valence-corrected chi connectivity index (χ4v) is 3.01. The van der Waals surface area contributed by atoms with E-state index in [-0.39, 0.29) is 24.3 Å². The van der Waals surface area contributed by atoms with Crippen LogP contribution in [0.5, 0.6) is 0 Å². The highest BCUT2D eigenvalue weighted by Crippen LogP contribution is 2.21. The number of morpholine rings is 1. The molecular weight excluding hydrogens is 374 g/mol. The van der Waals surface area contributed by atoms with E-state index in [4.69, 9.17) is 4.74 Å². The summed E-state index contributed by atoms with van der Waals surface area (Å²) in [6, 6.07) is 9.61. The van der Waals surface area contributed by atoms with Crippen molar-refractivity contribution in [2.45, 2.75) is 12.5 Å². The molecule has 1 aliphatic heterocycles. The highest BCUT2D eigenvalue weighted by Gasteiger charge is 2.26. The molecule has 1 saturated heterocycles. The SMILES string of the molecule is O=C(NCC(=O)N1CCOC(c2ccccc2)C1)C(=O)NC1=CC=CCC(O)=C1. The standard InChI is InChI=1S/C21H23N3O5/c25-17-9-5-4-8-16(12-17)23-21(28)20(27)22-13-19(26)24-10-11-29-18(14-24)15-6-2-1-3-7-15/h1-8,12,18,25H,9-11,13-14H2,(H,22,27)(H,23,28). The van der Waals surface area contributed by atoms with Crippen molar-refractivity contribution in [2.24, 2.45) is 0 Å². The maximum absolute atomic E-state index is 12.4. The maximum atomic E-state index is 12.4. The van der Waals surface area contributed by atoms with E-state index >= 15 is 0 Å². The van der Waals surface area contributed by atoms with Gasteiger partial charge in [0, 0.05) is 18.7 Å². The highest BCUT2D eigenvalue weighted by molar-refractivity contribution is 6.35. The normalized spacial score (nSPS) is 18.9. The molecule has 152 valence electrons. The Labute approximate surface area is 168 Å². The van der Waals surface area contributed by atoms with Crippen LogP contribution in [0.4, 0.5) is 0 Å². The van der Waals surface area contributed by atoms with E-state index in [2.05, 4.69) is 10.6 Å². The maximum Gasteiger partial charge on any atom is 0.313 e. The number of carbonyl (C=O) groups excluding carboxylic acids is 3. The van der Waals surface area contributed by atoms with E-state index in [0.717, 1.165) is 5.56 Å². The molecule has 8 nitrogen and oxygen atoms in total. The zero-order valence-electron chi connectivity index (χ0n) is 15.8. The molecule has 3 N–H and O–H groups in total. The van der Waals surface area contributed by atoms with Crippen LogP contribution in [-0.2, 0) is 19.1 Å². The molecule has 0 saturated carbocycles. The number of ether oxygens (including phenoxy) is 1. The molecule has 0 bridgehead atoms. The number of aliphatic hydroxyl groups excluding tert-OH is 1. The summed E-state index contributed by atoms with van der Waals surface area (Å²) in [5.74, 6) is -2.05. The average molecular weight is 397 g/mol. The summed E-state index contributed by atoms with van der Waals surface area (Å²) >= 11 is 0. The van der Waals surface area contributed by atoms with Crippen LogP contribution in [0.1, 0.15) is 18.1 Å². The quantitative estimate of drug-likeness (QED) is 0.660. The molecule has 3 rings (SSSR count). The number of benzene rings is 1. The van der Waals surface area contributed by atoms with Gasteiger partial charge in [0.25, 0.3) is 0 Å². The summed E-state index contributed by atoms with van der Waals surface area (Å²) in [7, 11) is 0. The molecule has 1 aromatic rings. The van der Waals surface area contributed by atoms with Gasteiger partial charge in [-0.3, -0.25) is 14.4 Å². The van der Waals surface area contributed by atoms with Crippen LogP contribution in [0.3, 0.4) is 0 Å². The first-order chi connectivity index (χ1) is 14.0. The minimum Gasteiger partial charge on any atom is -0.512 e. The van der Waals surface area contributed by atoms with Crippen molar-refractivity contribution in [2.75, 3.05) is 26.2 Å². The van der Waals surface area contributed by atoms with Gasteiger partial charge in [-0.1, -0.05) is 42.5 Å². The van der Waals surface area contributed by atoms with Gasteiger partial charge in [-0.05, 0) is 17.7 Å². The van der Waals surface area contributed by atoms with Crippen LogP contribution >= 0.6 is 0 Å². The number of carbonyl (C=O) groups is 3. The second-order valence-electron chi connectivity index (χ2n) is 6.64. The second kappa shape index (κ2) is 9.70. The summed E-state index contributed by atoms with van der Waals surface area (Å²) in [5, 5.41) is 14.3. The number of allylic oxidation sites excluding steroid dienone is 4. The van der Waals surface area contributed by atoms with Crippen molar-refractivity contribution in [1.82, 2.24) is 15.5 Å². The summed E-state index contributed by atoms with van der Waals surface area (Å²) in [5.41, 5.74) is 1.28. The Balaban J connectivity index is 1.48. The lowest BCUT2D eigenvalue weighted by Crippen LogP contribution is -2.48. The van der Waals surface area contributed by atoms with Gasteiger partial charge in [0.1, 0.15) is 6.10 Å². The number of rotatable bonds is 4. The number of hydrogen-bond acceptors (Lipinski definition) is 5. The monoisotopic (exact) mass is 397 g/mol. The zero-order chi connectivity index (χ0) is 20.6. The topological polar surface area (TPSA) is 108 Å². The predicted molar refractivity (Wildman–Crippen MR) is 105 cm³/mol. The highest BCUT2D eigenvalue weighted by atomic mass is 16.5. The number of aliphatic hydroxyl groups is 1. The molecule has 1 fully saturated rings. The number of nitrogens with one attached hydrogen (secondary N) is 2. The van der Waals surface area contributed by atoms with E-state index in [1.54, 1.807) is 23.1 Å². The molecule has 2 aliphatic rings. The lowest BCUT2D eigenvalue weighted by atomic mass is 10.1. The molecule has 0 radical (unpaired) electrons. The summed E-state index contributed by atoms with van der Waals surface area (Å²) in [4.78, 5) is 38.1. The molecule has 1 heterocycles. The van der Waals surface area contributed by atoms with Gasteiger partial charge in [0.05, 0.1) is 25.5 Å². The van der Waals surface area contributed by atoms with Crippen molar-refractivity contribution < 1.29 is 24.2 Å². The first-order valence-corrected chi connectivity index (χ1v) is 9.33. The Morgan fingerprint density at radius 3 is 2.76 bits per heavy atom. The largest absolute Gasteiger partial charge is 0.512 e. The molecule has 1 aromatic carbocycles. The minimum absolute atomic E-state index is 0.0705. The molecule has 0 aromatic heterocycles. The van der Waals surface area contributed by atoms with Gasteiger partial charge in [-0.15, -0.1) is 0 Å². The number of amides is 3. The lowest BCUT2D eigenvalue weighted by molar-refractivity contribution is -0.142. The fraction of sp³-hybridized carbons (Fsp3) is 0.286. The molecule has 3 amide bonds. The molecule has 8 heteroatoms. The van der Waals surface area contributed by atoms with E-state index < -0.39 is 11.8 Å². The van der Waals surface area contributed by atoms with Crippen LogP contribution in [0.2, 0.25) is 0 Å².